The summed E-state index contributed by atoms with van der Waals surface area (Å²) in [6.07, 6.45) is 6.20. The van der Waals surface area contributed by atoms with Crippen LogP contribution in [0.25, 0.3) is 32.2 Å². The van der Waals surface area contributed by atoms with Gasteiger partial charge in [0.1, 0.15) is 23.5 Å². The van der Waals surface area contributed by atoms with E-state index in [1.54, 1.807) is 12.3 Å². The van der Waals surface area contributed by atoms with Crippen molar-refractivity contribution in [3.05, 3.63) is 35.5 Å². The first-order valence-electron chi connectivity index (χ1n) is 16.5. The molecule has 4 bridgehead atoms. The Morgan fingerprint density at radius 2 is 1.88 bits per heavy atom. The maximum Gasteiger partial charge on any atom is 0.318 e. The molecule has 8 heterocycles. The zero-order valence-corrected chi connectivity index (χ0v) is 27.1. The number of thiophene rings is 1. The first-order chi connectivity index (χ1) is 23.4. The van der Waals surface area contributed by atoms with Crippen molar-refractivity contribution in [1.29, 1.82) is 5.26 Å². The van der Waals surface area contributed by atoms with E-state index in [9.17, 15) is 14.0 Å². The molecule has 11 nitrogen and oxygen atoms in total. The van der Waals surface area contributed by atoms with Crippen molar-refractivity contribution in [3.8, 4) is 23.3 Å². The minimum absolute atomic E-state index is 0.00346. The predicted molar refractivity (Wildman–Crippen MR) is 177 cm³/mol. The van der Waals surface area contributed by atoms with Gasteiger partial charge in [-0.25, -0.2) is 8.78 Å². The number of anilines is 1. The highest BCUT2D eigenvalue weighted by Gasteiger charge is 2.47. The van der Waals surface area contributed by atoms with Crippen LogP contribution in [0.5, 0.6) is 6.01 Å². The molecule has 5 aliphatic rings. The highest BCUT2D eigenvalue weighted by atomic mass is 32.1. The summed E-state index contributed by atoms with van der Waals surface area (Å²) >= 11 is 0.891. The summed E-state index contributed by atoms with van der Waals surface area (Å²) in [5.41, 5.74) is 1.14. The highest BCUT2D eigenvalue weighted by molar-refractivity contribution is 7.23. The van der Waals surface area contributed by atoms with Crippen LogP contribution in [0.1, 0.15) is 31.2 Å². The SMILES string of the molecule is C=Nc1sc2c(F)c(F)cc(-c3cc4nc(OCC5(CN6C7CCC6COC7)COC5)nc(N5CC6CCC(C5)N6)c4cn3)c2c1C#N. The van der Waals surface area contributed by atoms with E-state index in [0.29, 0.717) is 55.2 Å². The Balaban J connectivity index is 1.11. The number of aliphatic imine (C=N–C) groups is 1. The second kappa shape index (κ2) is 11.6. The quantitative estimate of drug-likeness (QED) is 0.266. The van der Waals surface area contributed by atoms with Crippen LogP contribution in [0.15, 0.2) is 23.3 Å². The zero-order chi connectivity index (χ0) is 32.6. The number of pyridine rings is 1. The van der Waals surface area contributed by atoms with Crippen LogP contribution in [0.2, 0.25) is 0 Å². The number of benzene rings is 1. The van der Waals surface area contributed by atoms with Crippen LogP contribution >= 0.6 is 11.3 Å². The van der Waals surface area contributed by atoms with Gasteiger partial charge < -0.3 is 24.4 Å². The lowest BCUT2D eigenvalue weighted by Gasteiger charge is -2.47. The lowest BCUT2D eigenvalue weighted by atomic mass is 9.85. The summed E-state index contributed by atoms with van der Waals surface area (Å²) in [6, 6.07) is 6.78. The van der Waals surface area contributed by atoms with Crippen LogP contribution in [0.3, 0.4) is 0 Å². The van der Waals surface area contributed by atoms with Crippen LogP contribution < -0.4 is 15.0 Å². The van der Waals surface area contributed by atoms with Gasteiger partial charge >= 0.3 is 6.01 Å². The maximum absolute atomic E-state index is 15.0. The second-order valence-corrected chi connectivity index (χ2v) is 14.8. The molecule has 0 radical (unpaired) electrons. The van der Waals surface area contributed by atoms with Crippen molar-refractivity contribution < 1.29 is 23.0 Å². The van der Waals surface area contributed by atoms with Gasteiger partial charge in [-0.15, -0.1) is 11.3 Å². The predicted octanol–water partition coefficient (Wildman–Crippen LogP) is 4.59. The van der Waals surface area contributed by atoms with Gasteiger partial charge in [0.25, 0.3) is 0 Å². The molecule has 14 heteroatoms. The van der Waals surface area contributed by atoms with Crippen molar-refractivity contribution in [1.82, 2.24) is 25.2 Å². The molecular formula is C34H34F2N8O3S. The zero-order valence-electron chi connectivity index (χ0n) is 26.3. The summed E-state index contributed by atoms with van der Waals surface area (Å²) in [4.78, 5) is 23.3. The number of aromatic nitrogens is 3. The van der Waals surface area contributed by atoms with Crippen molar-refractivity contribution >= 4 is 49.9 Å². The number of piperazine rings is 1. The number of halogens is 2. The third-order valence-corrected chi connectivity index (χ3v) is 11.8. The number of nitrogens with zero attached hydrogens (tertiary/aromatic N) is 7. The van der Waals surface area contributed by atoms with Crippen LogP contribution in [-0.2, 0) is 9.47 Å². The van der Waals surface area contributed by atoms with E-state index in [1.807, 2.05) is 0 Å². The van der Waals surface area contributed by atoms with Crippen LogP contribution in [0.4, 0.5) is 19.6 Å². The summed E-state index contributed by atoms with van der Waals surface area (Å²) in [7, 11) is 0. The molecule has 4 unspecified atom stereocenters. The monoisotopic (exact) mass is 672 g/mol. The highest BCUT2D eigenvalue weighted by Crippen LogP contribution is 2.44. The van der Waals surface area contributed by atoms with E-state index in [1.165, 1.54) is 0 Å². The molecule has 5 saturated heterocycles. The lowest BCUT2D eigenvalue weighted by Crippen LogP contribution is -2.58. The molecule has 0 saturated carbocycles. The van der Waals surface area contributed by atoms with Crippen molar-refractivity contribution in [2.24, 2.45) is 10.4 Å². The number of hydrogen-bond acceptors (Lipinski definition) is 12. The minimum atomic E-state index is -1.04. The Hall–Kier alpha value is -3.87. The van der Waals surface area contributed by atoms with Crippen molar-refractivity contribution in [3.63, 3.8) is 0 Å². The molecule has 5 fully saturated rings. The van der Waals surface area contributed by atoms with Crippen LogP contribution in [-0.4, -0.2) is 103 Å². The number of nitrogens with one attached hydrogen (secondary N) is 1. The average Bonchev–Trinajstić information content (AvgIpc) is 3.70. The molecular weight excluding hydrogens is 638 g/mol. The number of rotatable bonds is 8. The summed E-state index contributed by atoms with van der Waals surface area (Å²) < 4.78 is 48.0. The van der Waals surface area contributed by atoms with Gasteiger partial charge in [0.05, 0.1) is 58.7 Å². The summed E-state index contributed by atoms with van der Waals surface area (Å²) in [5.74, 6) is -1.33. The summed E-state index contributed by atoms with van der Waals surface area (Å²) in [6.45, 7) is 9.13. The fourth-order valence-corrected chi connectivity index (χ4v) is 9.23. The topological polar surface area (TPSA) is 121 Å². The number of hydrogen-bond donors (Lipinski definition) is 1. The van der Waals surface area contributed by atoms with E-state index in [-0.39, 0.29) is 37.6 Å². The number of morpholine rings is 1. The van der Waals surface area contributed by atoms with Crippen molar-refractivity contribution in [2.75, 3.05) is 57.6 Å². The molecule has 4 atom stereocenters. The fourth-order valence-electron chi connectivity index (χ4n) is 8.22. The molecule has 3 aromatic heterocycles. The Labute approximate surface area is 279 Å². The molecule has 0 amide bonds. The molecule has 1 N–H and O–H groups in total. The third kappa shape index (κ3) is 4.94. The first-order valence-corrected chi connectivity index (χ1v) is 17.3. The Kier molecular flexibility index (Phi) is 7.32. The van der Waals surface area contributed by atoms with Gasteiger partial charge in [-0.05, 0) is 44.5 Å². The molecule has 5 aliphatic heterocycles. The normalized spacial score (nSPS) is 26.1. The number of fused-ring (bicyclic) bond motifs is 6. The molecule has 4 aromatic rings. The van der Waals surface area contributed by atoms with E-state index >= 15 is 0 Å². The average molecular weight is 673 g/mol. The van der Waals surface area contributed by atoms with Gasteiger partial charge in [-0.2, -0.15) is 15.2 Å². The molecule has 9 rings (SSSR count). The summed E-state index contributed by atoms with van der Waals surface area (Å²) in [5, 5.41) is 14.8. The standard InChI is InChI=1S/C34H34F2N8O3S/c1-38-32-23(8-37)28-22(6-25(35)29(36)30(28)48-32)26-7-27-24(9-39-26)31(43-10-18-2-3-19(11-43)40-18)42-33(41-27)47-17-34(15-46-16-34)14-44-20-4-5-21(44)13-45-12-20/h6-7,9,18-21,40H,1-5,10-17H2. The van der Waals surface area contributed by atoms with E-state index in [0.717, 1.165) is 87.1 Å². The van der Waals surface area contributed by atoms with Gasteiger partial charge in [0.2, 0.25) is 0 Å². The molecule has 248 valence electrons. The van der Waals surface area contributed by atoms with Gasteiger partial charge in [-0.1, -0.05) is 0 Å². The number of ether oxygens (including phenoxy) is 3. The van der Waals surface area contributed by atoms with Gasteiger partial charge in [-0.3, -0.25) is 14.9 Å². The lowest BCUT2D eigenvalue weighted by molar-refractivity contribution is -0.158. The first kappa shape index (κ1) is 30.2. The maximum atomic E-state index is 15.0. The molecule has 0 spiro atoms. The van der Waals surface area contributed by atoms with E-state index in [2.05, 4.69) is 32.9 Å². The molecule has 0 aliphatic carbocycles. The van der Waals surface area contributed by atoms with E-state index < -0.39 is 11.6 Å². The number of nitriles is 1. The minimum Gasteiger partial charge on any atom is -0.463 e. The van der Waals surface area contributed by atoms with Crippen molar-refractivity contribution in [2.45, 2.75) is 49.9 Å². The smallest absolute Gasteiger partial charge is 0.318 e. The molecule has 48 heavy (non-hydrogen) atoms. The fraction of sp³-hybridized carbons (Fsp3) is 0.500. The third-order valence-electron chi connectivity index (χ3n) is 10.7. The Morgan fingerprint density at radius 1 is 1.10 bits per heavy atom. The van der Waals surface area contributed by atoms with Gasteiger partial charge in [0.15, 0.2) is 11.6 Å². The Morgan fingerprint density at radius 3 is 2.56 bits per heavy atom. The van der Waals surface area contributed by atoms with Crippen LogP contribution in [0, 0.1) is 28.4 Å². The Bertz CT molecular complexity index is 1970. The largest absolute Gasteiger partial charge is 0.463 e. The van der Waals surface area contributed by atoms with Gasteiger partial charge in [0, 0.05) is 60.9 Å². The van der Waals surface area contributed by atoms with E-state index in [4.69, 9.17) is 29.2 Å². The molecule has 1 aromatic carbocycles. The second-order valence-electron chi connectivity index (χ2n) is 13.8.